The summed E-state index contributed by atoms with van der Waals surface area (Å²) in [5.74, 6) is -0.486. The number of rotatable bonds is 2. The van der Waals surface area contributed by atoms with Crippen molar-refractivity contribution >= 4 is 58.0 Å². The van der Waals surface area contributed by atoms with Crippen molar-refractivity contribution in [1.29, 1.82) is 0 Å². The van der Waals surface area contributed by atoms with Gasteiger partial charge in [0.05, 0.1) is 10.6 Å². The summed E-state index contributed by atoms with van der Waals surface area (Å²) < 4.78 is 0. The molecule has 2 aromatic rings. The zero-order valence-electron chi connectivity index (χ0n) is 9.12. The van der Waals surface area contributed by atoms with Crippen LogP contribution in [0.1, 0.15) is 10.4 Å². The number of nitrogens with one attached hydrogen (secondary N) is 1. The van der Waals surface area contributed by atoms with Gasteiger partial charge in [-0.3, -0.25) is 4.79 Å². The Kier molecular flexibility index (Phi) is 4.47. The molecule has 0 radical (unpaired) electrons. The van der Waals surface area contributed by atoms with Crippen molar-refractivity contribution < 1.29 is 4.79 Å². The topological polar surface area (TPSA) is 54.9 Å². The van der Waals surface area contributed by atoms with Crippen LogP contribution < -0.4 is 5.32 Å². The van der Waals surface area contributed by atoms with Crippen LogP contribution in [0.4, 0.5) is 5.69 Å². The fourth-order valence-corrected chi connectivity index (χ4v) is 2.21. The van der Waals surface area contributed by atoms with Crippen LogP contribution in [0.3, 0.4) is 0 Å². The Bertz CT molecular complexity index is 628. The SMILES string of the molecule is O=C(Nc1c(Cl)ncnc1Cl)c1ccc(Cl)cc1Cl. The maximum absolute atomic E-state index is 12.0. The normalized spacial score (nSPS) is 10.3. The molecule has 0 saturated carbocycles. The number of carbonyl (C=O) groups is 1. The molecular formula is C11H5Cl4N3O. The molecule has 1 N–H and O–H groups in total. The van der Waals surface area contributed by atoms with E-state index in [0.29, 0.717) is 5.02 Å². The molecule has 0 bridgehead atoms. The minimum atomic E-state index is -0.486. The van der Waals surface area contributed by atoms with Crippen molar-refractivity contribution in [2.24, 2.45) is 0 Å². The third kappa shape index (κ3) is 3.28. The molecule has 1 aromatic carbocycles. The van der Waals surface area contributed by atoms with E-state index in [1.54, 1.807) is 6.07 Å². The van der Waals surface area contributed by atoms with Crippen LogP contribution in [-0.2, 0) is 0 Å². The minimum Gasteiger partial charge on any atom is -0.317 e. The van der Waals surface area contributed by atoms with Gasteiger partial charge in [0.25, 0.3) is 5.91 Å². The average Bonchev–Trinajstić information content (AvgIpc) is 2.33. The summed E-state index contributed by atoms with van der Waals surface area (Å²) in [7, 11) is 0. The van der Waals surface area contributed by atoms with Gasteiger partial charge in [-0.05, 0) is 18.2 Å². The largest absolute Gasteiger partial charge is 0.317 e. The van der Waals surface area contributed by atoms with Gasteiger partial charge in [-0.15, -0.1) is 0 Å². The van der Waals surface area contributed by atoms with E-state index in [1.807, 2.05) is 0 Å². The monoisotopic (exact) mass is 335 g/mol. The van der Waals surface area contributed by atoms with Gasteiger partial charge in [-0.2, -0.15) is 0 Å². The molecule has 0 aliphatic carbocycles. The Balaban J connectivity index is 2.31. The fourth-order valence-electron chi connectivity index (χ4n) is 1.30. The van der Waals surface area contributed by atoms with Gasteiger partial charge >= 0.3 is 0 Å². The molecule has 2 rings (SSSR count). The van der Waals surface area contributed by atoms with Crippen molar-refractivity contribution in [3.05, 3.63) is 50.4 Å². The summed E-state index contributed by atoms with van der Waals surface area (Å²) in [6.07, 6.45) is 1.19. The van der Waals surface area contributed by atoms with Gasteiger partial charge in [0, 0.05) is 5.02 Å². The van der Waals surface area contributed by atoms with Crippen molar-refractivity contribution in [1.82, 2.24) is 9.97 Å². The number of halogens is 4. The first-order chi connectivity index (χ1) is 8.99. The van der Waals surface area contributed by atoms with E-state index in [-0.39, 0.29) is 26.6 Å². The maximum Gasteiger partial charge on any atom is 0.257 e. The molecule has 8 heteroatoms. The van der Waals surface area contributed by atoms with Gasteiger partial charge < -0.3 is 5.32 Å². The predicted octanol–water partition coefficient (Wildman–Crippen LogP) is 4.34. The highest BCUT2D eigenvalue weighted by Crippen LogP contribution is 2.27. The van der Waals surface area contributed by atoms with E-state index >= 15 is 0 Å². The molecule has 4 nitrogen and oxygen atoms in total. The first-order valence-electron chi connectivity index (χ1n) is 4.91. The minimum absolute atomic E-state index is 0.0402. The molecule has 0 fully saturated rings. The molecule has 0 aliphatic rings. The summed E-state index contributed by atoms with van der Waals surface area (Å²) in [5, 5.41) is 3.23. The second-order valence-electron chi connectivity index (χ2n) is 3.41. The smallest absolute Gasteiger partial charge is 0.257 e. The number of nitrogens with zero attached hydrogens (tertiary/aromatic N) is 2. The molecule has 0 spiro atoms. The predicted molar refractivity (Wildman–Crippen MR) is 76.5 cm³/mol. The van der Waals surface area contributed by atoms with E-state index in [0.717, 1.165) is 0 Å². The molecule has 1 heterocycles. The van der Waals surface area contributed by atoms with Crippen LogP contribution in [0.5, 0.6) is 0 Å². The van der Waals surface area contributed by atoms with Gasteiger partial charge in [-0.25, -0.2) is 9.97 Å². The number of hydrogen-bond acceptors (Lipinski definition) is 3. The highest BCUT2D eigenvalue weighted by Gasteiger charge is 2.15. The second-order valence-corrected chi connectivity index (χ2v) is 4.97. The lowest BCUT2D eigenvalue weighted by atomic mass is 10.2. The molecule has 0 atom stereocenters. The van der Waals surface area contributed by atoms with Crippen LogP contribution in [0.25, 0.3) is 0 Å². The standard InChI is InChI=1S/C11H5Cl4N3O/c12-5-1-2-6(7(13)3-5)11(19)18-8-9(14)16-4-17-10(8)15/h1-4H,(H,18,19). The zero-order valence-corrected chi connectivity index (χ0v) is 12.1. The molecule has 0 unspecified atom stereocenters. The molecule has 1 aromatic heterocycles. The molecular weight excluding hydrogens is 332 g/mol. The highest BCUT2D eigenvalue weighted by molar-refractivity contribution is 6.39. The first-order valence-corrected chi connectivity index (χ1v) is 6.42. The lowest BCUT2D eigenvalue weighted by molar-refractivity contribution is 0.102. The Hall–Kier alpha value is -1.07. The second kappa shape index (κ2) is 5.92. The van der Waals surface area contributed by atoms with E-state index in [4.69, 9.17) is 46.4 Å². The van der Waals surface area contributed by atoms with E-state index < -0.39 is 5.91 Å². The van der Waals surface area contributed by atoms with Crippen molar-refractivity contribution in [3.63, 3.8) is 0 Å². The van der Waals surface area contributed by atoms with Crippen LogP contribution >= 0.6 is 46.4 Å². The Morgan fingerprint density at radius 2 is 1.68 bits per heavy atom. The summed E-state index contributed by atoms with van der Waals surface area (Å²) in [6.45, 7) is 0. The average molecular weight is 337 g/mol. The van der Waals surface area contributed by atoms with Crippen molar-refractivity contribution in [2.45, 2.75) is 0 Å². The summed E-state index contributed by atoms with van der Waals surface area (Å²) in [5.41, 5.74) is 0.365. The van der Waals surface area contributed by atoms with Gasteiger partial charge in [0.1, 0.15) is 12.0 Å². The third-order valence-electron chi connectivity index (χ3n) is 2.17. The number of anilines is 1. The van der Waals surface area contributed by atoms with E-state index in [2.05, 4.69) is 15.3 Å². The third-order valence-corrected chi connectivity index (χ3v) is 3.29. The van der Waals surface area contributed by atoms with E-state index in [1.165, 1.54) is 18.5 Å². The van der Waals surface area contributed by atoms with Crippen LogP contribution in [0, 0.1) is 0 Å². The first kappa shape index (κ1) is 14.3. The fraction of sp³-hybridized carbons (Fsp3) is 0. The summed E-state index contributed by atoms with van der Waals surface area (Å²) in [6, 6.07) is 4.50. The maximum atomic E-state index is 12.0. The van der Waals surface area contributed by atoms with Crippen molar-refractivity contribution in [2.75, 3.05) is 5.32 Å². The molecule has 1 amide bonds. The lowest BCUT2D eigenvalue weighted by Crippen LogP contribution is -2.13. The van der Waals surface area contributed by atoms with Crippen LogP contribution in [0.15, 0.2) is 24.5 Å². The van der Waals surface area contributed by atoms with E-state index in [9.17, 15) is 4.79 Å². The Morgan fingerprint density at radius 1 is 1.05 bits per heavy atom. The molecule has 98 valence electrons. The number of amides is 1. The van der Waals surface area contributed by atoms with Gasteiger partial charge in [-0.1, -0.05) is 46.4 Å². The van der Waals surface area contributed by atoms with Crippen LogP contribution in [0.2, 0.25) is 20.4 Å². The lowest BCUT2D eigenvalue weighted by Gasteiger charge is -2.08. The number of hydrogen-bond donors (Lipinski definition) is 1. The quantitative estimate of drug-likeness (QED) is 0.830. The van der Waals surface area contributed by atoms with Crippen LogP contribution in [-0.4, -0.2) is 15.9 Å². The highest BCUT2D eigenvalue weighted by atomic mass is 35.5. The Labute approximate surface area is 128 Å². The molecule has 0 aliphatic heterocycles. The van der Waals surface area contributed by atoms with Crippen molar-refractivity contribution in [3.8, 4) is 0 Å². The van der Waals surface area contributed by atoms with Gasteiger partial charge in [0.15, 0.2) is 10.3 Å². The summed E-state index contributed by atoms with van der Waals surface area (Å²) >= 11 is 23.3. The summed E-state index contributed by atoms with van der Waals surface area (Å²) in [4.78, 5) is 19.5. The van der Waals surface area contributed by atoms with Gasteiger partial charge in [0.2, 0.25) is 0 Å². The number of carbonyl (C=O) groups excluding carboxylic acids is 1. The number of benzene rings is 1. The number of aromatic nitrogens is 2. The Morgan fingerprint density at radius 3 is 2.26 bits per heavy atom. The molecule has 19 heavy (non-hydrogen) atoms. The molecule has 0 saturated heterocycles. The zero-order chi connectivity index (χ0) is 14.0.